The molecule has 0 saturated carbocycles. The number of rotatable bonds is 6. The lowest BCUT2D eigenvalue weighted by atomic mass is 9.81. The predicted octanol–water partition coefficient (Wildman–Crippen LogP) is 3.72. The van der Waals surface area contributed by atoms with E-state index >= 15 is 0 Å². The zero-order valence-corrected chi connectivity index (χ0v) is 14.2. The van der Waals surface area contributed by atoms with Crippen molar-refractivity contribution in [3.8, 4) is 11.5 Å². The van der Waals surface area contributed by atoms with Crippen molar-refractivity contribution in [2.24, 2.45) is 0 Å². The summed E-state index contributed by atoms with van der Waals surface area (Å²) >= 11 is 1.90. The molecule has 1 fully saturated rings. The first kappa shape index (κ1) is 17.0. The van der Waals surface area contributed by atoms with Crippen molar-refractivity contribution >= 4 is 17.7 Å². The zero-order chi connectivity index (χ0) is 16.2. The van der Waals surface area contributed by atoms with Crippen LogP contribution in [-0.2, 0) is 10.2 Å². The molecule has 1 aliphatic rings. The summed E-state index contributed by atoms with van der Waals surface area (Å²) in [6, 6.07) is 5.70. The van der Waals surface area contributed by atoms with Gasteiger partial charge in [0.25, 0.3) is 0 Å². The van der Waals surface area contributed by atoms with E-state index in [0.29, 0.717) is 11.5 Å². The summed E-state index contributed by atoms with van der Waals surface area (Å²) in [7, 11) is 1.62. The standard InChI is InChI=1S/C17H24O4S/c1-17(2,10-15(18)19)13-7-4-8-14(20-3)16(13)21-12-6-5-9-22-11-12/h4,7-8,12H,5-6,9-11H2,1-3H3,(H,18,19). The molecule has 1 atom stereocenters. The fraction of sp³-hybridized carbons (Fsp3) is 0.588. The summed E-state index contributed by atoms with van der Waals surface area (Å²) in [6.45, 7) is 3.86. The minimum Gasteiger partial charge on any atom is -0.493 e. The molecule has 1 unspecified atom stereocenters. The van der Waals surface area contributed by atoms with Gasteiger partial charge in [0.2, 0.25) is 0 Å². The van der Waals surface area contributed by atoms with Crippen LogP contribution in [0.2, 0.25) is 0 Å². The van der Waals surface area contributed by atoms with Crippen molar-refractivity contribution < 1.29 is 19.4 Å². The predicted molar refractivity (Wildman–Crippen MR) is 89.2 cm³/mol. The number of methoxy groups -OCH3 is 1. The molecule has 1 saturated heterocycles. The van der Waals surface area contributed by atoms with E-state index in [0.717, 1.165) is 24.2 Å². The molecule has 0 bridgehead atoms. The second kappa shape index (κ2) is 7.27. The molecule has 1 aliphatic heterocycles. The van der Waals surface area contributed by atoms with Gasteiger partial charge in [0.05, 0.1) is 13.5 Å². The van der Waals surface area contributed by atoms with E-state index in [1.165, 1.54) is 5.75 Å². The Labute approximate surface area is 136 Å². The highest BCUT2D eigenvalue weighted by molar-refractivity contribution is 7.99. The second-order valence-corrected chi connectivity index (χ2v) is 7.40. The van der Waals surface area contributed by atoms with Gasteiger partial charge in [-0.2, -0.15) is 11.8 Å². The summed E-state index contributed by atoms with van der Waals surface area (Å²) < 4.78 is 11.7. The number of carbonyl (C=O) groups is 1. The van der Waals surface area contributed by atoms with Crippen molar-refractivity contribution in [2.45, 2.75) is 44.6 Å². The zero-order valence-electron chi connectivity index (χ0n) is 13.4. The number of ether oxygens (including phenoxy) is 2. The van der Waals surface area contributed by atoms with Gasteiger partial charge >= 0.3 is 5.97 Å². The fourth-order valence-corrected chi connectivity index (χ4v) is 3.81. The molecule has 0 radical (unpaired) electrons. The monoisotopic (exact) mass is 324 g/mol. The Balaban J connectivity index is 2.34. The Kier molecular flexibility index (Phi) is 5.62. The molecule has 22 heavy (non-hydrogen) atoms. The Morgan fingerprint density at radius 3 is 2.82 bits per heavy atom. The minimum absolute atomic E-state index is 0.0515. The Morgan fingerprint density at radius 2 is 2.23 bits per heavy atom. The number of carboxylic acids is 1. The highest BCUT2D eigenvalue weighted by Gasteiger charge is 2.30. The van der Waals surface area contributed by atoms with Crippen LogP contribution in [0.3, 0.4) is 0 Å². The molecule has 1 N–H and O–H groups in total. The number of hydrogen-bond acceptors (Lipinski definition) is 4. The molecule has 2 rings (SSSR count). The van der Waals surface area contributed by atoms with Crippen LogP contribution >= 0.6 is 11.8 Å². The van der Waals surface area contributed by atoms with Crippen molar-refractivity contribution in [1.82, 2.24) is 0 Å². The minimum atomic E-state index is -0.813. The third-order valence-electron chi connectivity index (χ3n) is 3.92. The third kappa shape index (κ3) is 4.09. The van der Waals surface area contributed by atoms with Gasteiger partial charge in [-0.1, -0.05) is 26.0 Å². The van der Waals surface area contributed by atoms with Gasteiger partial charge in [-0.25, -0.2) is 0 Å². The maximum absolute atomic E-state index is 11.2. The van der Waals surface area contributed by atoms with Gasteiger partial charge in [0.15, 0.2) is 11.5 Å². The summed E-state index contributed by atoms with van der Waals surface area (Å²) in [6.07, 6.45) is 2.40. The molecule has 122 valence electrons. The molecule has 4 nitrogen and oxygen atoms in total. The number of benzene rings is 1. The van der Waals surface area contributed by atoms with Gasteiger partial charge in [0.1, 0.15) is 6.10 Å². The molecule has 5 heteroatoms. The summed E-state index contributed by atoms with van der Waals surface area (Å²) in [5.41, 5.74) is 0.377. The largest absolute Gasteiger partial charge is 0.493 e. The average Bonchev–Trinajstić information content (AvgIpc) is 2.47. The Morgan fingerprint density at radius 1 is 1.45 bits per heavy atom. The lowest BCUT2D eigenvalue weighted by Gasteiger charge is -2.30. The first-order valence-electron chi connectivity index (χ1n) is 7.57. The average molecular weight is 324 g/mol. The first-order chi connectivity index (χ1) is 10.4. The van der Waals surface area contributed by atoms with Crippen molar-refractivity contribution in [1.29, 1.82) is 0 Å². The molecule has 0 spiro atoms. The number of aliphatic carboxylic acids is 1. The molecule has 0 amide bonds. The Bertz CT molecular complexity index is 521. The molecular weight excluding hydrogens is 300 g/mol. The highest BCUT2D eigenvalue weighted by atomic mass is 32.2. The molecule has 1 heterocycles. The van der Waals surface area contributed by atoms with E-state index in [2.05, 4.69) is 0 Å². The SMILES string of the molecule is COc1cccc(C(C)(C)CC(=O)O)c1OC1CCCSC1. The number of para-hydroxylation sites is 1. The third-order valence-corrected chi connectivity index (χ3v) is 5.11. The normalized spacial score (nSPS) is 18.8. The van der Waals surface area contributed by atoms with Crippen molar-refractivity contribution in [2.75, 3.05) is 18.6 Å². The molecule has 0 aliphatic carbocycles. The van der Waals surface area contributed by atoms with E-state index < -0.39 is 11.4 Å². The van der Waals surface area contributed by atoms with E-state index in [9.17, 15) is 9.90 Å². The first-order valence-corrected chi connectivity index (χ1v) is 8.73. The van der Waals surface area contributed by atoms with Crippen LogP contribution in [0.5, 0.6) is 11.5 Å². The van der Waals surface area contributed by atoms with Gasteiger partial charge in [0, 0.05) is 16.7 Å². The number of thioether (sulfide) groups is 1. The lowest BCUT2D eigenvalue weighted by molar-refractivity contribution is -0.138. The van der Waals surface area contributed by atoms with Gasteiger partial charge in [-0.3, -0.25) is 4.79 Å². The molecule has 0 aromatic heterocycles. The molecule has 1 aromatic carbocycles. The van der Waals surface area contributed by atoms with E-state index in [1.807, 2.05) is 43.8 Å². The Hall–Kier alpha value is -1.36. The van der Waals surface area contributed by atoms with Crippen LogP contribution in [0, 0.1) is 0 Å². The van der Waals surface area contributed by atoms with Crippen LogP contribution < -0.4 is 9.47 Å². The maximum atomic E-state index is 11.2. The van der Waals surface area contributed by atoms with Crippen LogP contribution in [0.1, 0.15) is 38.7 Å². The maximum Gasteiger partial charge on any atom is 0.304 e. The van der Waals surface area contributed by atoms with Gasteiger partial charge < -0.3 is 14.6 Å². The van der Waals surface area contributed by atoms with Crippen molar-refractivity contribution in [3.05, 3.63) is 23.8 Å². The van der Waals surface area contributed by atoms with Crippen LogP contribution in [-0.4, -0.2) is 35.8 Å². The topological polar surface area (TPSA) is 55.8 Å². The van der Waals surface area contributed by atoms with E-state index in [-0.39, 0.29) is 12.5 Å². The molecule has 1 aromatic rings. The summed E-state index contributed by atoms with van der Waals surface area (Å²) in [4.78, 5) is 11.2. The smallest absolute Gasteiger partial charge is 0.304 e. The number of carboxylic acid groups (broad SMARTS) is 1. The van der Waals surface area contributed by atoms with Crippen LogP contribution in [0.15, 0.2) is 18.2 Å². The summed E-state index contributed by atoms with van der Waals surface area (Å²) in [5, 5.41) is 9.17. The second-order valence-electron chi connectivity index (χ2n) is 6.25. The summed E-state index contributed by atoms with van der Waals surface area (Å²) in [5.74, 6) is 2.71. The van der Waals surface area contributed by atoms with Gasteiger partial charge in [-0.05, 0) is 24.7 Å². The highest BCUT2D eigenvalue weighted by Crippen LogP contribution is 2.41. The van der Waals surface area contributed by atoms with E-state index in [4.69, 9.17) is 9.47 Å². The van der Waals surface area contributed by atoms with Crippen LogP contribution in [0.4, 0.5) is 0 Å². The van der Waals surface area contributed by atoms with E-state index in [1.54, 1.807) is 7.11 Å². The van der Waals surface area contributed by atoms with Crippen LogP contribution in [0.25, 0.3) is 0 Å². The molecular formula is C17H24O4S. The number of hydrogen-bond donors (Lipinski definition) is 1. The quantitative estimate of drug-likeness (QED) is 0.864. The fourth-order valence-electron chi connectivity index (χ4n) is 2.78. The van der Waals surface area contributed by atoms with Gasteiger partial charge in [-0.15, -0.1) is 0 Å². The lowest BCUT2D eigenvalue weighted by Crippen LogP contribution is -2.27. The van der Waals surface area contributed by atoms with Crippen molar-refractivity contribution in [3.63, 3.8) is 0 Å².